The van der Waals surface area contributed by atoms with Gasteiger partial charge in [-0.3, -0.25) is 9.79 Å². The van der Waals surface area contributed by atoms with Crippen LogP contribution in [0.15, 0.2) is 53.5 Å². The Morgan fingerprint density at radius 1 is 1.21 bits per heavy atom. The van der Waals surface area contributed by atoms with Crippen LogP contribution in [0, 0.1) is 12.3 Å². The molecular weight excluding hydrogens is 364 g/mol. The van der Waals surface area contributed by atoms with Crippen molar-refractivity contribution in [3.8, 4) is 18.1 Å². The van der Waals surface area contributed by atoms with Crippen molar-refractivity contribution < 1.29 is 9.53 Å². The highest BCUT2D eigenvalue weighted by Gasteiger charge is 2.08. The van der Waals surface area contributed by atoms with Gasteiger partial charge in [-0.15, -0.1) is 6.42 Å². The summed E-state index contributed by atoms with van der Waals surface area (Å²) < 4.78 is 5.19. The van der Waals surface area contributed by atoms with Crippen molar-refractivity contribution in [3.63, 3.8) is 0 Å². The van der Waals surface area contributed by atoms with E-state index in [9.17, 15) is 4.79 Å². The van der Waals surface area contributed by atoms with Crippen LogP contribution in [0.25, 0.3) is 0 Å². The molecule has 0 fully saturated rings. The zero-order chi connectivity index (χ0) is 21.1. The van der Waals surface area contributed by atoms with Crippen molar-refractivity contribution in [1.29, 1.82) is 0 Å². The maximum atomic E-state index is 12.1. The molecule has 0 heterocycles. The minimum Gasteiger partial charge on any atom is -0.497 e. The first-order valence-electron chi connectivity index (χ1n) is 9.50. The van der Waals surface area contributed by atoms with E-state index in [0.717, 1.165) is 24.3 Å². The highest BCUT2D eigenvalue weighted by molar-refractivity contribution is 5.95. The average Bonchev–Trinajstić information content (AvgIpc) is 2.76. The van der Waals surface area contributed by atoms with Crippen LogP contribution in [0.5, 0.6) is 5.75 Å². The predicted molar refractivity (Wildman–Crippen MR) is 118 cm³/mol. The summed E-state index contributed by atoms with van der Waals surface area (Å²) in [5.41, 5.74) is 2.65. The van der Waals surface area contributed by atoms with Gasteiger partial charge in [-0.1, -0.05) is 31.0 Å². The number of benzene rings is 2. The minimum absolute atomic E-state index is 0.105. The Kier molecular flexibility index (Phi) is 8.58. The van der Waals surface area contributed by atoms with Crippen molar-refractivity contribution in [2.45, 2.75) is 19.3 Å². The molecular formula is C23H28N4O2. The summed E-state index contributed by atoms with van der Waals surface area (Å²) in [6.07, 6.45) is 6.31. The Labute approximate surface area is 172 Å². The third kappa shape index (κ3) is 7.23. The number of aliphatic imine (C=N–C) groups is 1. The van der Waals surface area contributed by atoms with Crippen molar-refractivity contribution in [3.05, 3.63) is 59.7 Å². The van der Waals surface area contributed by atoms with Crippen LogP contribution in [0.1, 0.15) is 30.4 Å². The fourth-order valence-corrected chi connectivity index (χ4v) is 2.78. The van der Waals surface area contributed by atoms with E-state index in [1.54, 1.807) is 26.3 Å². The lowest BCUT2D eigenvalue weighted by atomic mass is 9.98. The van der Waals surface area contributed by atoms with E-state index in [4.69, 9.17) is 11.2 Å². The van der Waals surface area contributed by atoms with Gasteiger partial charge in [0.25, 0.3) is 0 Å². The van der Waals surface area contributed by atoms with Gasteiger partial charge in [0.1, 0.15) is 5.75 Å². The van der Waals surface area contributed by atoms with Crippen molar-refractivity contribution in [2.24, 2.45) is 4.99 Å². The van der Waals surface area contributed by atoms with Crippen LogP contribution in [0.4, 0.5) is 5.69 Å². The lowest BCUT2D eigenvalue weighted by Gasteiger charge is -2.15. The van der Waals surface area contributed by atoms with Crippen molar-refractivity contribution in [1.82, 2.24) is 10.6 Å². The molecule has 6 heteroatoms. The number of nitrogens with one attached hydrogen (secondary N) is 3. The summed E-state index contributed by atoms with van der Waals surface area (Å²) in [6.45, 7) is 3.02. The zero-order valence-electron chi connectivity index (χ0n) is 17.2. The molecule has 2 aromatic rings. The lowest BCUT2D eigenvalue weighted by molar-refractivity contribution is -0.115. The number of guanidine groups is 1. The zero-order valence-corrected chi connectivity index (χ0v) is 17.2. The van der Waals surface area contributed by atoms with E-state index < -0.39 is 0 Å². The second-order valence-corrected chi connectivity index (χ2v) is 6.59. The maximum Gasteiger partial charge on any atom is 0.243 e. The second kappa shape index (κ2) is 11.4. The summed E-state index contributed by atoms with van der Waals surface area (Å²) >= 11 is 0. The molecule has 0 aliphatic heterocycles. The summed E-state index contributed by atoms with van der Waals surface area (Å²) in [4.78, 5) is 16.3. The SMILES string of the molecule is C#Cc1cccc(NC(=O)CNC(=NC)NCCC(C)c2ccc(OC)cc2)c1. The number of hydrogen-bond acceptors (Lipinski definition) is 3. The summed E-state index contributed by atoms with van der Waals surface area (Å²) in [5, 5.41) is 9.07. The molecule has 0 aliphatic rings. The Balaban J connectivity index is 1.74. The fourth-order valence-electron chi connectivity index (χ4n) is 2.78. The number of nitrogens with zero attached hydrogens (tertiary/aromatic N) is 1. The monoisotopic (exact) mass is 392 g/mol. The third-order valence-electron chi connectivity index (χ3n) is 4.51. The van der Waals surface area contributed by atoms with Crippen molar-refractivity contribution in [2.75, 3.05) is 32.6 Å². The van der Waals surface area contributed by atoms with Crippen LogP contribution < -0.4 is 20.7 Å². The molecule has 1 atom stereocenters. The van der Waals surface area contributed by atoms with Crippen molar-refractivity contribution >= 4 is 17.6 Å². The number of methoxy groups -OCH3 is 1. The predicted octanol–water partition coefficient (Wildman–Crippen LogP) is 2.97. The maximum absolute atomic E-state index is 12.1. The first kappa shape index (κ1) is 21.8. The van der Waals surface area contributed by atoms with Crippen LogP contribution in [-0.2, 0) is 4.79 Å². The van der Waals surface area contributed by atoms with E-state index in [0.29, 0.717) is 17.6 Å². The summed E-state index contributed by atoms with van der Waals surface area (Å²) in [7, 11) is 3.34. The number of anilines is 1. The van der Waals surface area contributed by atoms with Gasteiger partial charge in [0.2, 0.25) is 5.91 Å². The highest BCUT2D eigenvalue weighted by Crippen LogP contribution is 2.21. The van der Waals surface area contributed by atoms with Gasteiger partial charge in [-0.05, 0) is 48.2 Å². The Hall–Kier alpha value is -3.46. The molecule has 3 N–H and O–H groups in total. The third-order valence-corrected chi connectivity index (χ3v) is 4.51. The standard InChI is InChI=1S/C23H28N4O2/c1-5-18-7-6-8-20(15-18)27-22(28)16-26-23(24-3)25-14-13-17(2)19-9-11-21(29-4)12-10-19/h1,6-12,15,17H,13-14,16H2,2-4H3,(H,27,28)(H2,24,25,26). The summed E-state index contributed by atoms with van der Waals surface area (Å²) in [5.74, 6) is 4.20. The molecule has 6 nitrogen and oxygen atoms in total. The Morgan fingerprint density at radius 3 is 2.62 bits per heavy atom. The van der Waals surface area contributed by atoms with Crippen LogP contribution in [-0.4, -0.2) is 39.1 Å². The molecule has 0 saturated heterocycles. The highest BCUT2D eigenvalue weighted by atomic mass is 16.5. The van der Waals surface area contributed by atoms with Gasteiger partial charge in [0.05, 0.1) is 13.7 Å². The van der Waals surface area contributed by atoms with Gasteiger partial charge in [0, 0.05) is 24.8 Å². The average molecular weight is 393 g/mol. The molecule has 152 valence electrons. The minimum atomic E-state index is -0.172. The summed E-state index contributed by atoms with van der Waals surface area (Å²) in [6, 6.07) is 15.3. The molecule has 0 spiro atoms. The molecule has 1 unspecified atom stereocenters. The fraction of sp³-hybridized carbons (Fsp3) is 0.304. The first-order chi connectivity index (χ1) is 14.0. The molecule has 2 aromatic carbocycles. The van der Waals surface area contributed by atoms with Gasteiger partial charge in [-0.25, -0.2) is 0 Å². The Morgan fingerprint density at radius 2 is 1.97 bits per heavy atom. The molecule has 29 heavy (non-hydrogen) atoms. The van der Waals surface area contributed by atoms with Gasteiger partial charge >= 0.3 is 0 Å². The molecule has 1 amide bonds. The molecule has 0 aliphatic carbocycles. The Bertz CT molecular complexity index is 869. The number of amides is 1. The molecule has 0 saturated carbocycles. The largest absolute Gasteiger partial charge is 0.497 e. The van der Waals surface area contributed by atoms with Gasteiger partial charge < -0.3 is 20.7 Å². The van der Waals surface area contributed by atoms with E-state index >= 15 is 0 Å². The van der Waals surface area contributed by atoms with E-state index in [2.05, 4.69) is 45.9 Å². The second-order valence-electron chi connectivity index (χ2n) is 6.59. The number of hydrogen-bond donors (Lipinski definition) is 3. The molecule has 0 radical (unpaired) electrons. The van der Waals surface area contributed by atoms with Crippen LogP contribution in [0.3, 0.4) is 0 Å². The van der Waals surface area contributed by atoms with E-state index in [-0.39, 0.29) is 12.5 Å². The topological polar surface area (TPSA) is 74.8 Å². The molecule has 2 rings (SSSR count). The quantitative estimate of drug-likeness (QED) is 0.367. The number of ether oxygens (including phenoxy) is 1. The van der Waals surface area contributed by atoms with Gasteiger partial charge in [0.15, 0.2) is 5.96 Å². The van der Waals surface area contributed by atoms with Crippen LogP contribution in [0.2, 0.25) is 0 Å². The molecule has 0 bridgehead atoms. The molecule has 0 aromatic heterocycles. The number of carbonyl (C=O) groups is 1. The normalized spacial score (nSPS) is 11.9. The first-order valence-corrected chi connectivity index (χ1v) is 9.50. The smallest absolute Gasteiger partial charge is 0.243 e. The number of rotatable bonds is 8. The van der Waals surface area contributed by atoms with Crippen LogP contribution >= 0.6 is 0 Å². The lowest BCUT2D eigenvalue weighted by Crippen LogP contribution is -2.41. The van der Waals surface area contributed by atoms with Gasteiger partial charge in [-0.2, -0.15) is 0 Å². The number of terminal acetylenes is 1. The number of carbonyl (C=O) groups excluding carboxylic acids is 1. The van der Waals surface area contributed by atoms with E-state index in [1.165, 1.54) is 5.56 Å². The van der Waals surface area contributed by atoms with E-state index in [1.807, 2.05) is 24.3 Å².